The van der Waals surface area contributed by atoms with Gasteiger partial charge in [-0.1, -0.05) is 19.1 Å². The first-order valence-electron chi connectivity index (χ1n) is 9.74. The van der Waals surface area contributed by atoms with Crippen LogP contribution in [0.4, 0.5) is 5.82 Å². The summed E-state index contributed by atoms with van der Waals surface area (Å²) < 4.78 is 32.3. The molecule has 1 aliphatic heterocycles. The molecule has 0 saturated carbocycles. The summed E-state index contributed by atoms with van der Waals surface area (Å²) in [4.78, 5) is 21.3. The Morgan fingerprint density at radius 1 is 1.21 bits per heavy atom. The van der Waals surface area contributed by atoms with Crippen LogP contribution < -0.4 is 10.0 Å². The minimum atomic E-state index is -3.53. The molecule has 29 heavy (non-hydrogen) atoms. The van der Waals surface area contributed by atoms with Gasteiger partial charge in [-0.25, -0.2) is 18.1 Å². The van der Waals surface area contributed by atoms with E-state index in [2.05, 4.69) is 20.0 Å². The Labute approximate surface area is 171 Å². The van der Waals surface area contributed by atoms with Crippen molar-refractivity contribution >= 4 is 21.7 Å². The molecule has 1 aromatic heterocycles. The Morgan fingerprint density at radius 3 is 2.55 bits per heavy atom. The molecule has 0 radical (unpaired) electrons. The molecule has 9 heteroatoms. The molecule has 3 rings (SSSR count). The van der Waals surface area contributed by atoms with E-state index in [4.69, 9.17) is 4.74 Å². The average Bonchev–Trinajstić information content (AvgIpc) is 2.73. The van der Waals surface area contributed by atoms with Crippen molar-refractivity contribution < 1.29 is 17.9 Å². The third-order valence-electron chi connectivity index (χ3n) is 4.97. The Balaban J connectivity index is 1.82. The van der Waals surface area contributed by atoms with Gasteiger partial charge in [0.15, 0.2) is 5.82 Å². The van der Waals surface area contributed by atoms with Crippen molar-refractivity contribution in [3.63, 3.8) is 0 Å². The number of carbonyl (C=O) groups excluding carboxylic acids is 1. The van der Waals surface area contributed by atoms with E-state index in [0.717, 1.165) is 18.4 Å². The van der Waals surface area contributed by atoms with Gasteiger partial charge in [0.05, 0.1) is 17.0 Å². The number of ether oxygens (including phenoxy) is 1. The zero-order valence-corrected chi connectivity index (χ0v) is 17.2. The quantitative estimate of drug-likeness (QED) is 0.681. The van der Waals surface area contributed by atoms with Gasteiger partial charge in [0.1, 0.15) is 0 Å². The van der Waals surface area contributed by atoms with Crippen LogP contribution in [-0.4, -0.2) is 44.1 Å². The second kappa shape index (κ2) is 9.91. The van der Waals surface area contributed by atoms with Crippen LogP contribution in [0.3, 0.4) is 0 Å². The lowest BCUT2D eigenvalue weighted by Gasteiger charge is -2.26. The van der Waals surface area contributed by atoms with Gasteiger partial charge in [-0.2, -0.15) is 0 Å². The second-order valence-electron chi connectivity index (χ2n) is 6.99. The molecule has 0 bridgehead atoms. The van der Waals surface area contributed by atoms with Crippen LogP contribution in [0.1, 0.15) is 37.7 Å². The predicted molar refractivity (Wildman–Crippen MR) is 109 cm³/mol. The van der Waals surface area contributed by atoms with E-state index in [-0.39, 0.29) is 10.8 Å². The lowest BCUT2D eigenvalue weighted by Crippen LogP contribution is -2.26. The van der Waals surface area contributed by atoms with Crippen molar-refractivity contribution in [3.05, 3.63) is 48.4 Å². The fraction of sp³-hybridized carbons (Fsp3) is 0.450. The highest BCUT2D eigenvalue weighted by molar-refractivity contribution is 7.89. The molecule has 1 atom stereocenters. The maximum absolute atomic E-state index is 13.0. The highest BCUT2D eigenvalue weighted by atomic mass is 32.2. The normalized spacial score (nSPS) is 16.3. The van der Waals surface area contributed by atoms with E-state index >= 15 is 0 Å². The number of benzene rings is 1. The number of hydrogen-bond acceptors (Lipinski definition) is 6. The summed E-state index contributed by atoms with van der Waals surface area (Å²) in [6.45, 7) is 3.44. The smallest absolute Gasteiger partial charge is 0.240 e. The fourth-order valence-corrected chi connectivity index (χ4v) is 4.48. The van der Waals surface area contributed by atoms with Gasteiger partial charge >= 0.3 is 0 Å². The summed E-state index contributed by atoms with van der Waals surface area (Å²) >= 11 is 0. The van der Waals surface area contributed by atoms with E-state index in [1.54, 1.807) is 37.4 Å². The number of amides is 1. The van der Waals surface area contributed by atoms with Gasteiger partial charge in [0.25, 0.3) is 0 Å². The van der Waals surface area contributed by atoms with Crippen LogP contribution in [0, 0.1) is 5.92 Å². The maximum Gasteiger partial charge on any atom is 0.240 e. The molecule has 1 unspecified atom stereocenters. The number of rotatable bonds is 8. The molecular formula is C20H26N4O4S. The first kappa shape index (κ1) is 21.4. The lowest BCUT2D eigenvalue weighted by atomic mass is 9.84. The van der Waals surface area contributed by atoms with Gasteiger partial charge in [-0.05, 0) is 42.9 Å². The third-order valence-corrected chi connectivity index (χ3v) is 6.53. The van der Waals surface area contributed by atoms with Crippen LogP contribution in [0.15, 0.2) is 47.8 Å². The Morgan fingerprint density at radius 2 is 1.93 bits per heavy atom. The zero-order valence-electron chi connectivity index (χ0n) is 16.4. The second-order valence-corrected chi connectivity index (χ2v) is 8.76. The summed E-state index contributed by atoms with van der Waals surface area (Å²) in [5.41, 5.74) is 0.772. The summed E-state index contributed by atoms with van der Waals surface area (Å²) in [7, 11) is -3.53. The van der Waals surface area contributed by atoms with Gasteiger partial charge in [-0.3, -0.25) is 9.78 Å². The molecule has 1 aromatic carbocycles. The topological polar surface area (TPSA) is 110 Å². The number of nitrogens with one attached hydrogen (secondary N) is 2. The van der Waals surface area contributed by atoms with Crippen LogP contribution in [-0.2, 0) is 19.6 Å². The highest BCUT2D eigenvalue weighted by Gasteiger charge is 2.27. The van der Waals surface area contributed by atoms with Crippen molar-refractivity contribution in [1.82, 2.24) is 14.7 Å². The molecule has 156 valence electrons. The molecule has 2 aromatic rings. The molecule has 1 amide bonds. The van der Waals surface area contributed by atoms with Crippen LogP contribution >= 0.6 is 0 Å². The van der Waals surface area contributed by atoms with Crippen LogP contribution in [0.25, 0.3) is 0 Å². The van der Waals surface area contributed by atoms with Gasteiger partial charge in [0, 0.05) is 32.2 Å². The van der Waals surface area contributed by atoms with Gasteiger partial charge in [-0.15, -0.1) is 0 Å². The van der Waals surface area contributed by atoms with Crippen molar-refractivity contribution in [2.45, 2.75) is 37.0 Å². The Hall–Kier alpha value is -2.36. The fourth-order valence-electron chi connectivity index (χ4n) is 3.44. The molecule has 1 fully saturated rings. The van der Waals surface area contributed by atoms with E-state index in [1.807, 2.05) is 0 Å². The Bertz CT molecular complexity index is 898. The zero-order chi connectivity index (χ0) is 20.7. The SMILES string of the molecule is CCNS(=O)(=O)c1ccc(C(CC2CCOCC2)C(=O)Nc2cnccn2)cc1. The van der Waals surface area contributed by atoms with E-state index < -0.39 is 15.9 Å². The first-order chi connectivity index (χ1) is 14.0. The monoisotopic (exact) mass is 418 g/mol. The minimum absolute atomic E-state index is 0.181. The van der Waals surface area contributed by atoms with Crippen LogP contribution in [0.5, 0.6) is 0 Å². The predicted octanol–water partition coefficient (Wildman–Crippen LogP) is 2.31. The summed E-state index contributed by atoms with van der Waals surface area (Å²) in [6, 6.07) is 6.51. The number of sulfonamides is 1. The summed E-state index contributed by atoms with van der Waals surface area (Å²) in [5.74, 6) is 0.155. The maximum atomic E-state index is 13.0. The molecule has 8 nitrogen and oxygen atoms in total. The highest BCUT2D eigenvalue weighted by Crippen LogP contribution is 2.31. The van der Waals surface area contributed by atoms with Gasteiger partial charge in [0.2, 0.25) is 15.9 Å². The molecule has 1 aliphatic rings. The molecular weight excluding hydrogens is 392 g/mol. The molecule has 0 spiro atoms. The summed E-state index contributed by atoms with van der Waals surface area (Å²) in [5, 5.41) is 2.82. The lowest BCUT2D eigenvalue weighted by molar-refractivity contribution is -0.118. The first-order valence-corrected chi connectivity index (χ1v) is 11.2. The number of carbonyl (C=O) groups is 1. The number of aromatic nitrogens is 2. The summed E-state index contributed by atoms with van der Waals surface area (Å²) in [6.07, 6.45) is 7.02. The number of anilines is 1. The third kappa shape index (κ3) is 5.81. The molecule has 1 saturated heterocycles. The van der Waals surface area contributed by atoms with Crippen molar-refractivity contribution in [2.75, 3.05) is 25.1 Å². The molecule has 2 heterocycles. The van der Waals surface area contributed by atoms with Crippen molar-refractivity contribution in [3.8, 4) is 0 Å². The molecule has 0 aliphatic carbocycles. The number of hydrogen-bond donors (Lipinski definition) is 2. The van der Waals surface area contributed by atoms with Crippen molar-refractivity contribution in [2.24, 2.45) is 5.92 Å². The Kier molecular flexibility index (Phi) is 7.29. The van der Waals surface area contributed by atoms with Gasteiger partial charge < -0.3 is 10.1 Å². The molecule has 2 N–H and O–H groups in total. The number of nitrogens with zero attached hydrogens (tertiary/aromatic N) is 2. The van der Waals surface area contributed by atoms with Crippen molar-refractivity contribution in [1.29, 1.82) is 0 Å². The van der Waals surface area contributed by atoms with Crippen LogP contribution in [0.2, 0.25) is 0 Å². The minimum Gasteiger partial charge on any atom is -0.381 e. The average molecular weight is 419 g/mol. The van der Waals surface area contributed by atoms with E-state index in [9.17, 15) is 13.2 Å². The van der Waals surface area contributed by atoms with E-state index in [1.165, 1.54) is 12.4 Å². The standard InChI is InChI=1S/C20H26N4O4S/c1-2-23-29(26,27)17-5-3-16(4-6-17)18(13-15-7-11-28-12-8-15)20(25)24-19-14-21-9-10-22-19/h3-6,9-10,14-15,18,23H,2,7-8,11-13H2,1H3,(H,22,24,25). The van der Waals surface area contributed by atoms with E-state index in [0.29, 0.717) is 37.9 Å². The largest absolute Gasteiger partial charge is 0.381 e.